The highest BCUT2D eigenvalue weighted by Gasteiger charge is 2.33. The Balaban J connectivity index is 1.90. The molecule has 3 N–H and O–H groups in total. The van der Waals surface area contributed by atoms with Crippen LogP contribution in [0.25, 0.3) is 0 Å². The standard InChI is InChI=1S/C17H32N2O/c1-3-16(13-7-5-4-6-8-13)19-17(20)15-11-14(18)10-9-12(15)2/h12-16H,3-11,18H2,1-2H3,(H,19,20). The highest BCUT2D eigenvalue weighted by Crippen LogP contribution is 2.31. The molecule has 2 saturated carbocycles. The number of rotatable bonds is 4. The average molecular weight is 280 g/mol. The minimum atomic E-state index is 0.136. The lowest BCUT2D eigenvalue weighted by atomic mass is 9.77. The number of hydrogen-bond acceptors (Lipinski definition) is 2. The van der Waals surface area contributed by atoms with Crippen LogP contribution in [0.5, 0.6) is 0 Å². The van der Waals surface area contributed by atoms with Crippen LogP contribution in [0.1, 0.15) is 71.6 Å². The fourth-order valence-electron chi connectivity index (χ4n) is 4.10. The molecule has 0 aliphatic heterocycles. The van der Waals surface area contributed by atoms with Gasteiger partial charge in [0.2, 0.25) is 5.91 Å². The maximum absolute atomic E-state index is 12.6. The molecule has 0 aromatic carbocycles. The number of nitrogens with one attached hydrogen (secondary N) is 1. The van der Waals surface area contributed by atoms with Crippen molar-refractivity contribution in [2.75, 3.05) is 0 Å². The molecule has 0 heterocycles. The van der Waals surface area contributed by atoms with E-state index in [1.165, 1.54) is 32.1 Å². The molecule has 20 heavy (non-hydrogen) atoms. The number of carbonyl (C=O) groups excluding carboxylic acids is 1. The van der Waals surface area contributed by atoms with Crippen LogP contribution in [0.15, 0.2) is 0 Å². The Kier molecular flexibility index (Phi) is 5.88. The van der Waals surface area contributed by atoms with Gasteiger partial charge in [-0.05, 0) is 50.4 Å². The van der Waals surface area contributed by atoms with Crippen molar-refractivity contribution in [3.05, 3.63) is 0 Å². The third kappa shape index (κ3) is 3.97. The highest BCUT2D eigenvalue weighted by atomic mass is 16.2. The summed E-state index contributed by atoms with van der Waals surface area (Å²) in [5.41, 5.74) is 6.05. The van der Waals surface area contributed by atoms with Crippen LogP contribution in [0, 0.1) is 17.8 Å². The normalized spacial score (nSPS) is 33.6. The first-order valence-corrected chi connectivity index (χ1v) is 8.67. The Morgan fingerprint density at radius 3 is 2.55 bits per heavy atom. The van der Waals surface area contributed by atoms with Crippen molar-refractivity contribution in [2.24, 2.45) is 23.5 Å². The zero-order valence-electron chi connectivity index (χ0n) is 13.2. The second kappa shape index (κ2) is 7.44. The summed E-state index contributed by atoms with van der Waals surface area (Å²) in [6.45, 7) is 4.41. The van der Waals surface area contributed by atoms with Crippen LogP contribution in [0.2, 0.25) is 0 Å². The summed E-state index contributed by atoms with van der Waals surface area (Å²) in [6, 6.07) is 0.602. The first-order valence-electron chi connectivity index (χ1n) is 8.67. The Bertz CT molecular complexity index is 312. The summed E-state index contributed by atoms with van der Waals surface area (Å²) in [4.78, 5) is 12.6. The van der Waals surface area contributed by atoms with Crippen LogP contribution in [-0.4, -0.2) is 18.0 Å². The Hall–Kier alpha value is -0.570. The van der Waals surface area contributed by atoms with Gasteiger partial charge in [0.05, 0.1) is 0 Å². The number of amides is 1. The monoisotopic (exact) mass is 280 g/mol. The predicted octanol–water partition coefficient (Wildman–Crippen LogP) is 3.23. The topological polar surface area (TPSA) is 55.1 Å². The first kappa shape index (κ1) is 15.8. The van der Waals surface area contributed by atoms with Crippen LogP contribution < -0.4 is 11.1 Å². The smallest absolute Gasteiger partial charge is 0.223 e. The molecule has 4 atom stereocenters. The maximum Gasteiger partial charge on any atom is 0.223 e. The second-order valence-electron chi connectivity index (χ2n) is 7.08. The van der Waals surface area contributed by atoms with Gasteiger partial charge >= 0.3 is 0 Å². The fourth-order valence-corrected chi connectivity index (χ4v) is 4.10. The minimum absolute atomic E-state index is 0.136. The lowest BCUT2D eigenvalue weighted by Gasteiger charge is -2.35. The predicted molar refractivity (Wildman–Crippen MR) is 83.3 cm³/mol. The molecule has 4 unspecified atom stereocenters. The zero-order valence-corrected chi connectivity index (χ0v) is 13.2. The molecule has 116 valence electrons. The van der Waals surface area contributed by atoms with E-state index in [9.17, 15) is 4.79 Å². The molecule has 1 amide bonds. The van der Waals surface area contributed by atoms with Crippen LogP contribution in [-0.2, 0) is 4.79 Å². The largest absolute Gasteiger partial charge is 0.353 e. The molecule has 3 heteroatoms. The van der Waals surface area contributed by atoms with Crippen molar-refractivity contribution in [1.29, 1.82) is 0 Å². The molecule has 0 saturated heterocycles. The van der Waals surface area contributed by atoms with Crippen molar-refractivity contribution in [1.82, 2.24) is 5.32 Å². The third-order valence-corrected chi connectivity index (χ3v) is 5.56. The Labute approximate surface area is 124 Å². The molecule has 2 aliphatic carbocycles. The van der Waals surface area contributed by atoms with Gasteiger partial charge in [-0.2, -0.15) is 0 Å². The summed E-state index contributed by atoms with van der Waals surface area (Å²) in [7, 11) is 0. The van der Waals surface area contributed by atoms with E-state index in [0.717, 1.165) is 25.7 Å². The molecule has 2 aliphatic rings. The van der Waals surface area contributed by atoms with E-state index >= 15 is 0 Å². The molecule has 0 aromatic heterocycles. The lowest BCUT2D eigenvalue weighted by molar-refractivity contribution is -0.129. The van der Waals surface area contributed by atoms with E-state index in [2.05, 4.69) is 19.2 Å². The zero-order chi connectivity index (χ0) is 14.5. The number of nitrogens with two attached hydrogens (primary N) is 1. The summed E-state index contributed by atoms with van der Waals surface area (Å²) < 4.78 is 0. The van der Waals surface area contributed by atoms with E-state index in [4.69, 9.17) is 5.73 Å². The van der Waals surface area contributed by atoms with Crippen molar-refractivity contribution in [2.45, 2.75) is 83.7 Å². The van der Waals surface area contributed by atoms with Crippen molar-refractivity contribution in [3.8, 4) is 0 Å². The van der Waals surface area contributed by atoms with Gasteiger partial charge in [-0.3, -0.25) is 4.79 Å². The molecule has 0 bridgehead atoms. The third-order valence-electron chi connectivity index (χ3n) is 5.56. The molecular weight excluding hydrogens is 248 g/mol. The van der Waals surface area contributed by atoms with E-state index in [1.807, 2.05) is 0 Å². The molecule has 0 aromatic rings. The van der Waals surface area contributed by atoms with Crippen LogP contribution >= 0.6 is 0 Å². The van der Waals surface area contributed by atoms with Gasteiger partial charge in [0.15, 0.2) is 0 Å². The van der Waals surface area contributed by atoms with Gasteiger partial charge in [0.25, 0.3) is 0 Å². The summed E-state index contributed by atoms with van der Waals surface area (Å²) >= 11 is 0. The van der Waals surface area contributed by atoms with Crippen LogP contribution in [0.3, 0.4) is 0 Å². The summed E-state index contributed by atoms with van der Waals surface area (Å²) in [5.74, 6) is 1.59. The fraction of sp³-hybridized carbons (Fsp3) is 0.941. The molecule has 0 radical (unpaired) electrons. The quantitative estimate of drug-likeness (QED) is 0.830. The van der Waals surface area contributed by atoms with Crippen molar-refractivity contribution < 1.29 is 4.79 Å². The van der Waals surface area contributed by atoms with E-state index in [-0.39, 0.29) is 17.9 Å². The molecule has 3 nitrogen and oxygen atoms in total. The maximum atomic E-state index is 12.6. The van der Waals surface area contributed by atoms with Gasteiger partial charge in [-0.15, -0.1) is 0 Å². The minimum Gasteiger partial charge on any atom is -0.353 e. The molecular formula is C17H32N2O. The Morgan fingerprint density at radius 2 is 1.90 bits per heavy atom. The van der Waals surface area contributed by atoms with Crippen molar-refractivity contribution in [3.63, 3.8) is 0 Å². The van der Waals surface area contributed by atoms with Gasteiger partial charge in [0.1, 0.15) is 0 Å². The number of hydrogen-bond donors (Lipinski definition) is 2. The average Bonchev–Trinajstić information content (AvgIpc) is 2.48. The number of carbonyl (C=O) groups is 1. The summed E-state index contributed by atoms with van der Waals surface area (Å²) in [5, 5.41) is 3.36. The van der Waals surface area contributed by atoms with Crippen molar-refractivity contribution >= 4 is 5.91 Å². The van der Waals surface area contributed by atoms with E-state index < -0.39 is 0 Å². The van der Waals surface area contributed by atoms with Crippen LogP contribution in [0.4, 0.5) is 0 Å². The van der Waals surface area contributed by atoms with E-state index in [0.29, 0.717) is 17.9 Å². The molecule has 0 spiro atoms. The van der Waals surface area contributed by atoms with Gasteiger partial charge in [-0.25, -0.2) is 0 Å². The molecule has 2 fully saturated rings. The lowest BCUT2D eigenvalue weighted by Crippen LogP contribution is -2.47. The Morgan fingerprint density at radius 1 is 1.20 bits per heavy atom. The molecule has 2 rings (SSSR count). The van der Waals surface area contributed by atoms with Gasteiger partial charge in [-0.1, -0.05) is 33.1 Å². The van der Waals surface area contributed by atoms with Gasteiger partial charge in [0, 0.05) is 18.0 Å². The first-order chi connectivity index (χ1) is 9.61. The summed E-state index contributed by atoms with van der Waals surface area (Å²) in [6.07, 6.45) is 10.7. The van der Waals surface area contributed by atoms with E-state index in [1.54, 1.807) is 0 Å². The highest BCUT2D eigenvalue weighted by molar-refractivity contribution is 5.79. The SMILES string of the molecule is CCC(NC(=O)C1CC(N)CCC1C)C1CCCCC1. The van der Waals surface area contributed by atoms with Gasteiger partial charge < -0.3 is 11.1 Å². The second-order valence-corrected chi connectivity index (χ2v) is 7.08.